The molecule has 0 aliphatic carbocycles. The van der Waals surface area contributed by atoms with Gasteiger partial charge in [-0.2, -0.15) is 5.26 Å². The van der Waals surface area contributed by atoms with Gasteiger partial charge in [-0.05, 0) is 18.2 Å². The van der Waals surface area contributed by atoms with E-state index >= 15 is 0 Å². The molecule has 0 unspecified atom stereocenters. The molecule has 1 fully saturated rings. The fraction of sp³-hybridized carbons (Fsp3) is 0.308. The van der Waals surface area contributed by atoms with E-state index in [0.717, 1.165) is 31.7 Å². The van der Waals surface area contributed by atoms with Gasteiger partial charge in [-0.15, -0.1) is 0 Å². The lowest BCUT2D eigenvalue weighted by Crippen LogP contribution is -2.43. The van der Waals surface area contributed by atoms with Crippen LogP contribution >= 0.6 is 0 Å². The maximum Gasteiger partial charge on any atom is 0.0993 e. The molecule has 0 spiro atoms. The van der Waals surface area contributed by atoms with Crippen LogP contribution in [0.25, 0.3) is 10.9 Å². The molecule has 0 bridgehead atoms. The summed E-state index contributed by atoms with van der Waals surface area (Å²) in [6.45, 7) is 4.00. The molecular formula is C13H14N4. The Kier molecular flexibility index (Phi) is 2.46. The zero-order valence-electron chi connectivity index (χ0n) is 9.53. The summed E-state index contributed by atoms with van der Waals surface area (Å²) in [4.78, 5) is 5.52. The van der Waals surface area contributed by atoms with Crippen molar-refractivity contribution in [2.45, 2.75) is 0 Å². The molecule has 1 aromatic carbocycles. The smallest absolute Gasteiger partial charge is 0.0993 e. The fourth-order valence-electron chi connectivity index (χ4n) is 2.38. The van der Waals surface area contributed by atoms with Gasteiger partial charge in [0.15, 0.2) is 0 Å². The molecule has 0 saturated carbocycles. The highest BCUT2D eigenvalue weighted by Gasteiger charge is 2.14. The Morgan fingerprint density at radius 1 is 1.24 bits per heavy atom. The van der Waals surface area contributed by atoms with E-state index in [1.165, 1.54) is 11.1 Å². The predicted octanol–water partition coefficient (Wildman–Crippen LogP) is 1.45. The minimum atomic E-state index is 0.716. The van der Waals surface area contributed by atoms with Crippen molar-refractivity contribution in [3.05, 3.63) is 30.0 Å². The van der Waals surface area contributed by atoms with Gasteiger partial charge in [-0.1, -0.05) is 0 Å². The second kappa shape index (κ2) is 4.11. The van der Waals surface area contributed by atoms with Crippen molar-refractivity contribution in [1.82, 2.24) is 10.3 Å². The van der Waals surface area contributed by atoms with E-state index in [1.807, 2.05) is 18.3 Å². The highest BCUT2D eigenvalue weighted by atomic mass is 15.2. The first kappa shape index (κ1) is 10.2. The third-order valence-corrected chi connectivity index (χ3v) is 3.23. The van der Waals surface area contributed by atoms with Crippen LogP contribution in [0.1, 0.15) is 5.56 Å². The number of benzene rings is 1. The van der Waals surface area contributed by atoms with E-state index in [9.17, 15) is 0 Å². The number of hydrogen-bond donors (Lipinski definition) is 2. The normalized spacial score (nSPS) is 16.1. The van der Waals surface area contributed by atoms with Crippen LogP contribution in [0.4, 0.5) is 5.69 Å². The number of nitrogens with one attached hydrogen (secondary N) is 2. The number of anilines is 1. The van der Waals surface area contributed by atoms with Gasteiger partial charge >= 0.3 is 0 Å². The summed E-state index contributed by atoms with van der Waals surface area (Å²) < 4.78 is 0. The third-order valence-electron chi connectivity index (χ3n) is 3.23. The highest BCUT2D eigenvalue weighted by molar-refractivity contribution is 5.93. The Hall–Kier alpha value is -1.99. The Bertz CT molecular complexity index is 573. The number of piperazine rings is 1. The molecule has 3 rings (SSSR count). The van der Waals surface area contributed by atoms with Crippen molar-refractivity contribution in [3.63, 3.8) is 0 Å². The van der Waals surface area contributed by atoms with E-state index in [1.54, 1.807) is 0 Å². The molecule has 1 saturated heterocycles. The molecule has 4 nitrogen and oxygen atoms in total. The molecule has 2 N–H and O–H groups in total. The summed E-state index contributed by atoms with van der Waals surface area (Å²) in [6, 6.07) is 8.19. The molecule has 17 heavy (non-hydrogen) atoms. The highest BCUT2D eigenvalue weighted by Crippen LogP contribution is 2.28. The zero-order chi connectivity index (χ0) is 11.7. The lowest BCUT2D eigenvalue weighted by molar-refractivity contribution is 0.590. The Morgan fingerprint density at radius 3 is 2.82 bits per heavy atom. The van der Waals surface area contributed by atoms with Crippen LogP contribution in [0.5, 0.6) is 0 Å². The lowest BCUT2D eigenvalue weighted by Gasteiger charge is -2.30. The van der Waals surface area contributed by atoms with Gasteiger partial charge < -0.3 is 15.2 Å². The van der Waals surface area contributed by atoms with Crippen LogP contribution in [0.2, 0.25) is 0 Å². The summed E-state index contributed by atoms with van der Waals surface area (Å²) in [5.41, 5.74) is 2.92. The Balaban J connectivity index is 2.12. The zero-order valence-corrected chi connectivity index (χ0v) is 9.53. The first-order valence-corrected chi connectivity index (χ1v) is 5.85. The second-order valence-electron chi connectivity index (χ2n) is 4.28. The van der Waals surface area contributed by atoms with E-state index in [4.69, 9.17) is 5.26 Å². The van der Waals surface area contributed by atoms with Crippen LogP contribution in [-0.2, 0) is 0 Å². The molecule has 1 aromatic heterocycles. The molecule has 0 amide bonds. The quantitative estimate of drug-likeness (QED) is 0.773. The summed E-state index contributed by atoms with van der Waals surface area (Å²) >= 11 is 0. The largest absolute Gasteiger partial charge is 0.368 e. The number of nitrogens with zero attached hydrogens (tertiary/aromatic N) is 2. The predicted molar refractivity (Wildman–Crippen MR) is 68.1 cm³/mol. The molecular weight excluding hydrogens is 212 g/mol. The number of rotatable bonds is 1. The van der Waals surface area contributed by atoms with Crippen molar-refractivity contribution in [2.75, 3.05) is 31.1 Å². The van der Waals surface area contributed by atoms with E-state index in [2.05, 4.69) is 27.3 Å². The van der Waals surface area contributed by atoms with Gasteiger partial charge in [0, 0.05) is 49.0 Å². The van der Waals surface area contributed by atoms with Crippen molar-refractivity contribution in [1.29, 1.82) is 5.26 Å². The lowest BCUT2D eigenvalue weighted by atomic mass is 10.1. The summed E-state index contributed by atoms with van der Waals surface area (Å²) in [6.07, 6.45) is 1.93. The maximum atomic E-state index is 9.06. The number of H-pyrrole nitrogens is 1. The number of aromatic amines is 1. The first-order valence-electron chi connectivity index (χ1n) is 5.85. The average molecular weight is 226 g/mol. The van der Waals surface area contributed by atoms with E-state index in [0.29, 0.717) is 5.56 Å². The van der Waals surface area contributed by atoms with Crippen molar-refractivity contribution in [2.24, 2.45) is 0 Å². The summed E-state index contributed by atoms with van der Waals surface area (Å²) in [5.74, 6) is 0. The van der Waals surface area contributed by atoms with Crippen LogP contribution < -0.4 is 10.2 Å². The minimum Gasteiger partial charge on any atom is -0.368 e. The topological polar surface area (TPSA) is 54.9 Å². The van der Waals surface area contributed by atoms with Crippen molar-refractivity contribution < 1.29 is 0 Å². The Labute approximate surface area is 99.8 Å². The van der Waals surface area contributed by atoms with Gasteiger partial charge in [0.25, 0.3) is 0 Å². The van der Waals surface area contributed by atoms with Crippen LogP contribution in [0.15, 0.2) is 24.4 Å². The van der Waals surface area contributed by atoms with Crippen molar-refractivity contribution >= 4 is 16.6 Å². The third kappa shape index (κ3) is 1.75. The SMILES string of the molecule is N#Cc1cc(N2CCNCC2)c2cc[nH]c2c1. The number of fused-ring (bicyclic) bond motifs is 1. The maximum absolute atomic E-state index is 9.06. The fourth-order valence-corrected chi connectivity index (χ4v) is 2.38. The number of aromatic nitrogens is 1. The van der Waals surface area contributed by atoms with E-state index < -0.39 is 0 Å². The molecule has 1 aliphatic rings. The van der Waals surface area contributed by atoms with Gasteiger partial charge in [-0.3, -0.25) is 0 Å². The number of nitriles is 1. The average Bonchev–Trinajstić information content (AvgIpc) is 2.86. The van der Waals surface area contributed by atoms with Gasteiger partial charge in [-0.25, -0.2) is 0 Å². The molecule has 86 valence electrons. The molecule has 2 heterocycles. The van der Waals surface area contributed by atoms with Gasteiger partial charge in [0.1, 0.15) is 0 Å². The first-order chi connectivity index (χ1) is 8.38. The summed E-state index contributed by atoms with van der Waals surface area (Å²) in [5, 5.41) is 13.6. The van der Waals surface area contributed by atoms with Crippen molar-refractivity contribution in [3.8, 4) is 6.07 Å². The molecule has 0 radical (unpaired) electrons. The molecule has 2 aromatic rings. The van der Waals surface area contributed by atoms with Crippen LogP contribution in [-0.4, -0.2) is 31.2 Å². The van der Waals surface area contributed by atoms with Crippen LogP contribution in [0.3, 0.4) is 0 Å². The van der Waals surface area contributed by atoms with Crippen LogP contribution in [0, 0.1) is 11.3 Å². The standard InChI is InChI=1S/C13H14N4/c14-9-10-7-12-11(1-2-16-12)13(8-10)17-5-3-15-4-6-17/h1-2,7-8,15-16H,3-6H2. The molecule has 4 heteroatoms. The number of hydrogen-bond acceptors (Lipinski definition) is 3. The Morgan fingerprint density at radius 2 is 2.06 bits per heavy atom. The summed E-state index contributed by atoms with van der Waals surface area (Å²) in [7, 11) is 0. The molecule has 1 aliphatic heterocycles. The minimum absolute atomic E-state index is 0.716. The van der Waals surface area contributed by atoms with E-state index in [-0.39, 0.29) is 0 Å². The molecule has 0 atom stereocenters. The van der Waals surface area contributed by atoms with Gasteiger partial charge in [0.2, 0.25) is 0 Å². The van der Waals surface area contributed by atoms with Gasteiger partial charge in [0.05, 0.1) is 11.6 Å². The monoisotopic (exact) mass is 226 g/mol. The second-order valence-corrected chi connectivity index (χ2v) is 4.28.